The summed E-state index contributed by atoms with van der Waals surface area (Å²) in [6, 6.07) is 12.8. The van der Waals surface area contributed by atoms with E-state index in [1.54, 1.807) is 29.2 Å². The van der Waals surface area contributed by atoms with E-state index >= 15 is 0 Å². The maximum Gasteiger partial charge on any atom is 0.349 e. The van der Waals surface area contributed by atoms with Crippen LogP contribution in [-0.4, -0.2) is 25.0 Å². The van der Waals surface area contributed by atoms with Crippen LogP contribution in [0.1, 0.15) is 24.0 Å². The van der Waals surface area contributed by atoms with Crippen LogP contribution in [0.15, 0.2) is 42.5 Å². The van der Waals surface area contributed by atoms with Crippen molar-refractivity contribution >= 4 is 17.6 Å². The molecule has 1 amide bonds. The van der Waals surface area contributed by atoms with Crippen LogP contribution < -0.4 is 14.4 Å². The number of rotatable bonds is 5. The van der Waals surface area contributed by atoms with E-state index in [4.69, 9.17) is 9.47 Å². The molecule has 0 aromatic heterocycles. The molecule has 0 radical (unpaired) electrons. The average Bonchev–Trinajstić information content (AvgIpc) is 3.02. The molecule has 1 saturated heterocycles. The predicted octanol–water partition coefficient (Wildman–Crippen LogP) is 3.41. The lowest BCUT2D eigenvalue weighted by molar-refractivity contribution is -0.136. The predicted molar refractivity (Wildman–Crippen MR) is 95.1 cm³/mol. The van der Waals surface area contributed by atoms with Crippen LogP contribution in [0.4, 0.5) is 5.69 Å². The van der Waals surface area contributed by atoms with Crippen LogP contribution in [0.3, 0.4) is 0 Å². The molecule has 0 aliphatic carbocycles. The maximum atomic E-state index is 12.0. The van der Waals surface area contributed by atoms with E-state index in [-0.39, 0.29) is 12.5 Å². The molecule has 1 fully saturated rings. The van der Waals surface area contributed by atoms with Crippen molar-refractivity contribution in [2.45, 2.75) is 26.7 Å². The Balaban J connectivity index is 1.56. The molecule has 1 heterocycles. The van der Waals surface area contributed by atoms with E-state index in [1.807, 2.05) is 32.0 Å². The van der Waals surface area contributed by atoms with E-state index < -0.39 is 5.97 Å². The fraction of sp³-hybridized carbons (Fsp3) is 0.300. The third-order valence-electron chi connectivity index (χ3n) is 4.14. The lowest BCUT2D eigenvalue weighted by Gasteiger charge is -2.16. The van der Waals surface area contributed by atoms with Gasteiger partial charge in [-0.2, -0.15) is 0 Å². The van der Waals surface area contributed by atoms with Gasteiger partial charge in [0.05, 0.1) is 0 Å². The number of carbonyl (C=O) groups is 2. The normalized spacial score (nSPS) is 13.8. The number of aryl methyl sites for hydroxylation is 2. The van der Waals surface area contributed by atoms with Gasteiger partial charge in [0.2, 0.25) is 5.91 Å². The first-order valence-corrected chi connectivity index (χ1v) is 8.34. The van der Waals surface area contributed by atoms with Gasteiger partial charge in [0.1, 0.15) is 11.5 Å². The molecule has 5 heteroatoms. The van der Waals surface area contributed by atoms with E-state index in [9.17, 15) is 9.59 Å². The van der Waals surface area contributed by atoms with E-state index in [0.29, 0.717) is 17.9 Å². The Morgan fingerprint density at radius 1 is 1.12 bits per heavy atom. The zero-order valence-electron chi connectivity index (χ0n) is 14.5. The average molecular weight is 339 g/mol. The van der Waals surface area contributed by atoms with Crippen LogP contribution in [0.2, 0.25) is 0 Å². The highest BCUT2D eigenvalue weighted by molar-refractivity contribution is 5.95. The van der Waals surface area contributed by atoms with Gasteiger partial charge in [0.15, 0.2) is 6.61 Å². The summed E-state index contributed by atoms with van der Waals surface area (Å²) in [6.45, 7) is 4.48. The lowest BCUT2D eigenvalue weighted by atomic mass is 10.1. The van der Waals surface area contributed by atoms with Crippen LogP contribution >= 0.6 is 0 Å². The number of benzene rings is 2. The van der Waals surface area contributed by atoms with Gasteiger partial charge in [-0.25, -0.2) is 4.79 Å². The molecule has 2 aromatic carbocycles. The molecular formula is C20H21NO4. The van der Waals surface area contributed by atoms with Crippen LogP contribution in [-0.2, 0) is 9.59 Å². The molecule has 2 aromatic rings. The first-order valence-electron chi connectivity index (χ1n) is 8.34. The van der Waals surface area contributed by atoms with Gasteiger partial charge in [-0.1, -0.05) is 12.1 Å². The Bertz CT molecular complexity index is 783. The highest BCUT2D eigenvalue weighted by Crippen LogP contribution is 2.24. The number of carbonyl (C=O) groups excluding carboxylic acids is 2. The molecule has 0 bridgehead atoms. The quantitative estimate of drug-likeness (QED) is 0.619. The number of hydrogen-bond acceptors (Lipinski definition) is 4. The molecule has 25 heavy (non-hydrogen) atoms. The standard InChI is InChI=1S/C20H21NO4/c1-14-5-6-15(2)18(12-14)24-13-20(23)25-17-9-7-16(8-10-17)21-11-3-4-19(21)22/h5-10,12H,3-4,11,13H2,1-2H3. The smallest absolute Gasteiger partial charge is 0.349 e. The summed E-state index contributed by atoms with van der Waals surface area (Å²) in [7, 11) is 0. The summed E-state index contributed by atoms with van der Waals surface area (Å²) < 4.78 is 10.8. The minimum Gasteiger partial charge on any atom is -0.482 e. The number of hydrogen-bond donors (Lipinski definition) is 0. The fourth-order valence-electron chi connectivity index (χ4n) is 2.78. The van der Waals surface area contributed by atoms with Crippen molar-refractivity contribution in [2.75, 3.05) is 18.1 Å². The van der Waals surface area contributed by atoms with E-state index in [0.717, 1.165) is 29.8 Å². The zero-order chi connectivity index (χ0) is 17.8. The SMILES string of the molecule is Cc1ccc(C)c(OCC(=O)Oc2ccc(N3CCCC3=O)cc2)c1. The molecule has 0 saturated carbocycles. The van der Waals surface area contributed by atoms with E-state index in [1.165, 1.54) is 0 Å². The van der Waals surface area contributed by atoms with Gasteiger partial charge in [-0.3, -0.25) is 4.79 Å². The number of anilines is 1. The van der Waals surface area contributed by atoms with Crippen molar-refractivity contribution < 1.29 is 19.1 Å². The second-order valence-corrected chi connectivity index (χ2v) is 6.17. The number of nitrogens with zero attached hydrogens (tertiary/aromatic N) is 1. The second kappa shape index (κ2) is 7.38. The molecular weight excluding hydrogens is 318 g/mol. The second-order valence-electron chi connectivity index (χ2n) is 6.17. The summed E-state index contributed by atoms with van der Waals surface area (Å²) in [4.78, 5) is 25.4. The third-order valence-corrected chi connectivity index (χ3v) is 4.14. The Hall–Kier alpha value is -2.82. The topological polar surface area (TPSA) is 55.8 Å². The minimum atomic E-state index is -0.467. The van der Waals surface area contributed by atoms with Crippen molar-refractivity contribution in [1.29, 1.82) is 0 Å². The summed E-state index contributed by atoms with van der Waals surface area (Å²) >= 11 is 0. The van der Waals surface area contributed by atoms with Gasteiger partial charge in [-0.05, 0) is 61.7 Å². The van der Waals surface area contributed by atoms with Crippen molar-refractivity contribution in [3.8, 4) is 11.5 Å². The van der Waals surface area contributed by atoms with E-state index in [2.05, 4.69) is 0 Å². The van der Waals surface area contributed by atoms with Gasteiger partial charge in [-0.15, -0.1) is 0 Å². The fourth-order valence-corrected chi connectivity index (χ4v) is 2.78. The number of amides is 1. The monoisotopic (exact) mass is 339 g/mol. The van der Waals surface area contributed by atoms with Crippen LogP contribution in [0, 0.1) is 13.8 Å². The van der Waals surface area contributed by atoms with Crippen molar-refractivity contribution in [2.24, 2.45) is 0 Å². The molecule has 0 spiro atoms. The summed E-state index contributed by atoms with van der Waals surface area (Å²) in [5, 5.41) is 0. The summed E-state index contributed by atoms with van der Waals surface area (Å²) in [5.74, 6) is 0.780. The molecule has 0 unspecified atom stereocenters. The van der Waals surface area contributed by atoms with Crippen molar-refractivity contribution in [1.82, 2.24) is 0 Å². The first kappa shape index (κ1) is 17.0. The van der Waals surface area contributed by atoms with Gasteiger partial charge >= 0.3 is 5.97 Å². The Morgan fingerprint density at radius 3 is 2.56 bits per heavy atom. The number of esters is 1. The Morgan fingerprint density at radius 2 is 1.88 bits per heavy atom. The molecule has 0 N–H and O–H groups in total. The number of ether oxygens (including phenoxy) is 2. The van der Waals surface area contributed by atoms with Crippen LogP contribution in [0.5, 0.6) is 11.5 Å². The van der Waals surface area contributed by atoms with Crippen LogP contribution in [0.25, 0.3) is 0 Å². The largest absolute Gasteiger partial charge is 0.482 e. The highest BCUT2D eigenvalue weighted by Gasteiger charge is 2.21. The third kappa shape index (κ3) is 4.18. The van der Waals surface area contributed by atoms with Crippen molar-refractivity contribution in [3.05, 3.63) is 53.6 Å². The summed E-state index contributed by atoms with van der Waals surface area (Å²) in [5.41, 5.74) is 2.87. The minimum absolute atomic E-state index is 0.131. The molecule has 1 aliphatic heterocycles. The first-order chi connectivity index (χ1) is 12.0. The maximum absolute atomic E-state index is 12.0. The van der Waals surface area contributed by atoms with Gasteiger partial charge < -0.3 is 14.4 Å². The Kier molecular flexibility index (Phi) is 5.03. The van der Waals surface area contributed by atoms with Gasteiger partial charge in [0, 0.05) is 18.7 Å². The Labute approximate surface area is 147 Å². The molecule has 0 atom stereocenters. The van der Waals surface area contributed by atoms with Gasteiger partial charge in [0.25, 0.3) is 0 Å². The molecule has 130 valence electrons. The molecule has 3 rings (SSSR count). The van der Waals surface area contributed by atoms with Crippen molar-refractivity contribution in [3.63, 3.8) is 0 Å². The molecule has 5 nitrogen and oxygen atoms in total. The molecule has 1 aliphatic rings. The lowest BCUT2D eigenvalue weighted by Crippen LogP contribution is -2.23. The highest BCUT2D eigenvalue weighted by atomic mass is 16.6. The zero-order valence-corrected chi connectivity index (χ0v) is 14.5. The summed E-state index contributed by atoms with van der Waals surface area (Å²) in [6.07, 6.45) is 1.47.